The van der Waals surface area contributed by atoms with Crippen LogP contribution in [-0.4, -0.2) is 26.1 Å². The van der Waals surface area contributed by atoms with Crippen LogP contribution in [0.3, 0.4) is 0 Å². The van der Waals surface area contributed by atoms with Crippen LogP contribution in [0.5, 0.6) is 0 Å². The number of nitrogens with two attached hydrogens (primary N) is 2. The molecule has 4 N–H and O–H groups in total. The molecule has 6 rings (SSSR count). The van der Waals surface area contributed by atoms with E-state index in [0.29, 0.717) is 5.82 Å². The third kappa shape index (κ3) is 2.41. The molecule has 0 saturated heterocycles. The molecule has 4 aromatic rings. The normalized spacial score (nSPS) is 24.8. The van der Waals surface area contributed by atoms with E-state index in [1.54, 1.807) is 0 Å². The van der Waals surface area contributed by atoms with E-state index in [1.165, 1.54) is 6.33 Å². The highest BCUT2D eigenvalue weighted by Gasteiger charge is 2.55. The lowest BCUT2D eigenvalue weighted by Gasteiger charge is -2.30. The molecule has 0 atom stereocenters. The molecule has 31 heavy (non-hydrogen) atoms. The minimum absolute atomic E-state index is 0.0668. The molecule has 0 amide bonds. The molecular weight excluding hydrogens is 384 g/mol. The molecule has 154 valence electrons. The van der Waals surface area contributed by atoms with Gasteiger partial charge in [0, 0.05) is 28.2 Å². The summed E-state index contributed by atoms with van der Waals surface area (Å²) in [4.78, 5) is 13.7. The second kappa shape index (κ2) is 6.29. The Labute approximate surface area is 180 Å². The number of benzene rings is 1. The Bertz CT molecular complexity index is 1380. The maximum absolute atomic E-state index is 6.42. The maximum Gasteiger partial charge on any atom is 0.147 e. The lowest BCUT2D eigenvalue weighted by molar-refractivity contribution is 0.281. The monoisotopic (exact) mass is 408 g/mol. The van der Waals surface area contributed by atoms with Gasteiger partial charge in [0.05, 0.1) is 10.9 Å². The third-order valence-electron chi connectivity index (χ3n) is 7.65. The molecule has 2 aliphatic carbocycles. The van der Waals surface area contributed by atoms with E-state index in [9.17, 15) is 0 Å². The van der Waals surface area contributed by atoms with Crippen molar-refractivity contribution in [3.05, 3.63) is 48.5 Å². The number of terminal acetylenes is 1. The molecule has 3 heterocycles. The van der Waals surface area contributed by atoms with Gasteiger partial charge in [-0.3, -0.25) is 4.98 Å². The Balaban J connectivity index is 1.67. The highest BCUT2D eigenvalue weighted by atomic mass is 15.2. The van der Waals surface area contributed by atoms with Gasteiger partial charge in [-0.25, -0.2) is 9.97 Å². The first-order chi connectivity index (χ1) is 15.1. The fourth-order valence-electron chi connectivity index (χ4n) is 6.10. The van der Waals surface area contributed by atoms with Crippen LogP contribution < -0.4 is 11.5 Å². The topological polar surface area (TPSA) is 95.6 Å². The van der Waals surface area contributed by atoms with Gasteiger partial charge in [-0.2, -0.15) is 0 Å². The summed E-state index contributed by atoms with van der Waals surface area (Å²) in [5.74, 6) is 3.44. The summed E-state index contributed by atoms with van der Waals surface area (Å²) in [7, 11) is 0. The van der Waals surface area contributed by atoms with Crippen molar-refractivity contribution >= 4 is 27.8 Å². The van der Waals surface area contributed by atoms with E-state index in [1.807, 2.05) is 24.4 Å². The molecule has 6 heteroatoms. The van der Waals surface area contributed by atoms with E-state index in [4.69, 9.17) is 17.9 Å². The van der Waals surface area contributed by atoms with Crippen molar-refractivity contribution in [2.45, 2.75) is 37.6 Å². The standard InChI is InChI=1S/C25H24N6/c1-2-19-20(17-11-16-5-3-4-6-18(16)28-12-17)21-22(27)29-15-30-23(21)31(19)25-9-7-24(13-25,14-26)8-10-25/h1,3-6,11-12,15H,7-10,13-14,26H2,(H2,27,29,30). The zero-order valence-electron chi connectivity index (χ0n) is 17.3. The maximum atomic E-state index is 6.42. The van der Waals surface area contributed by atoms with Crippen LogP contribution in [-0.2, 0) is 5.54 Å². The zero-order valence-corrected chi connectivity index (χ0v) is 17.3. The summed E-state index contributed by atoms with van der Waals surface area (Å²) in [5.41, 5.74) is 17.2. The van der Waals surface area contributed by atoms with Gasteiger partial charge < -0.3 is 16.0 Å². The average Bonchev–Trinajstić information content (AvgIpc) is 3.48. The minimum Gasteiger partial charge on any atom is -0.383 e. The van der Waals surface area contributed by atoms with E-state index < -0.39 is 0 Å². The number of nitrogen functional groups attached to an aromatic ring is 1. The van der Waals surface area contributed by atoms with Crippen molar-refractivity contribution in [1.82, 2.24) is 19.5 Å². The Morgan fingerprint density at radius 1 is 1.10 bits per heavy atom. The van der Waals surface area contributed by atoms with Crippen LogP contribution >= 0.6 is 0 Å². The Morgan fingerprint density at radius 2 is 1.90 bits per heavy atom. The van der Waals surface area contributed by atoms with Gasteiger partial charge in [0.1, 0.15) is 23.5 Å². The molecule has 2 saturated carbocycles. The molecule has 0 spiro atoms. The number of aromatic nitrogens is 4. The highest BCUT2D eigenvalue weighted by molar-refractivity contribution is 6.04. The van der Waals surface area contributed by atoms with E-state index in [2.05, 4.69) is 37.6 Å². The second-order valence-corrected chi connectivity index (χ2v) is 9.18. The predicted octanol–water partition coefficient (Wildman–Crippen LogP) is 3.83. The Kier molecular flexibility index (Phi) is 3.72. The van der Waals surface area contributed by atoms with Crippen LogP contribution in [0.15, 0.2) is 42.9 Å². The van der Waals surface area contributed by atoms with Crippen molar-refractivity contribution in [2.24, 2.45) is 11.1 Å². The van der Waals surface area contributed by atoms with Crippen molar-refractivity contribution in [3.8, 4) is 23.5 Å². The number of para-hydroxylation sites is 1. The van der Waals surface area contributed by atoms with Crippen molar-refractivity contribution in [3.63, 3.8) is 0 Å². The summed E-state index contributed by atoms with van der Waals surface area (Å²) in [5, 5.41) is 1.88. The zero-order chi connectivity index (χ0) is 21.2. The first-order valence-corrected chi connectivity index (χ1v) is 10.8. The van der Waals surface area contributed by atoms with Crippen LogP contribution in [0.2, 0.25) is 0 Å². The fraction of sp³-hybridized carbons (Fsp3) is 0.320. The van der Waals surface area contributed by atoms with Crippen LogP contribution in [0.4, 0.5) is 5.82 Å². The van der Waals surface area contributed by atoms with Crippen LogP contribution in [0, 0.1) is 17.8 Å². The SMILES string of the molecule is C#Cc1c(-c2cnc3ccccc3c2)c2c(N)ncnc2n1C12CCC(CN)(CC1)C2. The molecule has 0 unspecified atom stereocenters. The molecule has 1 aromatic carbocycles. The predicted molar refractivity (Wildman–Crippen MR) is 123 cm³/mol. The number of rotatable bonds is 3. The van der Waals surface area contributed by atoms with Gasteiger partial charge in [-0.05, 0) is 56.2 Å². The first-order valence-electron chi connectivity index (χ1n) is 10.8. The number of fused-ring (bicyclic) bond motifs is 4. The molecular formula is C25H24N6. The molecule has 0 aliphatic heterocycles. The number of anilines is 1. The van der Waals surface area contributed by atoms with Crippen molar-refractivity contribution in [1.29, 1.82) is 0 Å². The first kappa shape index (κ1) is 18.3. The van der Waals surface area contributed by atoms with Crippen molar-refractivity contribution < 1.29 is 0 Å². The highest BCUT2D eigenvalue weighted by Crippen LogP contribution is 2.61. The third-order valence-corrected chi connectivity index (χ3v) is 7.65. The van der Waals surface area contributed by atoms with Gasteiger partial charge >= 0.3 is 0 Å². The summed E-state index contributed by atoms with van der Waals surface area (Å²) in [6, 6.07) is 10.2. The van der Waals surface area contributed by atoms with E-state index in [0.717, 1.165) is 77.4 Å². The summed E-state index contributed by atoms with van der Waals surface area (Å²) >= 11 is 0. The molecule has 2 fully saturated rings. The van der Waals surface area contributed by atoms with Gasteiger partial charge in [0.2, 0.25) is 0 Å². The summed E-state index contributed by atoms with van der Waals surface area (Å²) in [6.45, 7) is 0.720. The molecule has 6 nitrogen and oxygen atoms in total. The summed E-state index contributed by atoms with van der Waals surface area (Å²) in [6.07, 6.45) is 15.0. The quantitative estimate of drug-likeness (QED) is 0.502. The second-order valence-electron chi connectivity index (χ2n) is 9.18. The molecule has 3 aromatic heterocycles. The lowest BCUT2D eigenvalue weighted by Crippen LogP contribution is -2.29. The van der Waals surface area contributed by atoms with Gasteiger partial charge in [0.25, 0.3) is 0 Å². The number of hydrogen-bond donors (Lipinski definition) is 2. The van der Waals surface area contributed by atoms with Gasteiger partial charge in [0.15, 0.2) is 0 Å². The van der Waals surface area contributed by atoms with Crippen LogP contribution in [0.25, 0.3) is 33.1 Å². The Hall–Kier alpha value is -3.43. The average molecular weight is 409 g/mol. The smallest absolute Gasteiger partial charge is 0.147 e. The van der Waals surface area contributed by atoms with Crippen molar-refractivity contribution in [2.75, 3.05) is 12.3 Å². The summed E-state index contributed by atoms with van der Waals surface area (Å²) < 4.78 is 2.29. The molecule has 2 aliphatic rings. The number of nitrogens with zero attached hydrogens (tertiary/aromatic N) is 4. The van der Waals surface area contributed by atoms with Gasteiger partial charge in [-0.1, -0.05) is 24.1 Å². The number of pyridine rings is 1. The Morgan fingerprint density at radius 3 is 2.65 bits per heavy atom. The van der Waals surface area contributed by atoms with E-state index in [-0.39, 0.29) is 11.0 Å². The van der Waals surface area contributed by atoms with Crippen LogP contribution in [0.1, 0.15) is 37.8 Å². The molecule has 0 radical (unpaired) electrons. The molecule has 2 bridgehead atoms. The number of hydrogen-bond acceptors (Lipinski definition) is 5. The van der Waals surface area contributed by atoms with E-state index >= 15 is 0 Å². The minimum atomic E-state index is -0.0668. The lowest BCUT2D eigenvalue weighted by atomic mass is 9.84. The van der Waals surface area contributed by atoms with Gasteiger partial charge in [-0.15, -0.1) is 6.42 Å². The largest absolute Gasteiger partial charge is 0.383 e. The fourth-order valence-corrected chi connectivity index (χ4v) is 6.10.